The fourth-order valence-corrected chi connectivity index (χ4v) is 2.10. The van der Waals surface area contributed by atoms with Crippen LogP contribution >= 0.6 is 11.6 Å². The lowest BCUT2D eigenvalue weighted by molar-refractivity contribution is -0.159. The number of ether oxygens (including phenoxy) is 2. The summed E-state index contributed by atoms with van der Waals surface area (Å²) in [5.74, 6) is -1.60. The van der Waals surface area contributed by atoms with Crippen molar-refractivity contribution < 1.29 is 14.3 Å². The molecule has 0 spiro atoms. The smallest absolute Gasteiger partial charge is 0.242 e. The number of rotatable bonds is 3. The number of hydrogen-bond donors (Lipinski definition) is 0. The van der Waals surface area contributed by atoms with Gasteiger partial charge in [0, 0.05) is 28.3 Å². The first-order chi connectivity index (χ1) is 6.92. The van der Waals surface area contributed by atoms with Crippen molar-refractivity contribution in [3.63, 3.8) is 0 Å². The zero-order valence-corrected chi connectivity index (χ0v) is 10.0. The zero-order valence-electron chi connectivity index (χ0n) is 9.26. The topological polar surface area (TPSA) is 38.8 Å². The molecule has 15 heavy (non-hydrogen) atoms. The van der Waals surface area contributed by atoms with Crippen molar-refractivity contribution in [2.24, 2.45) is 0 Å². The first-order valence-corrected chi connectivity index (χ1v) is 4.72. The Morgan fingerprint density at radius 2 is 1.80 bits per heavy atom. The molecule has 0 radical (unpaired) electrons. The van der Waals surface area contributed by atoms with Crippen LogP contribution in [0.25, 0.3) is 0 Å². The van der Waals surface area contributed by atoms with Gasteiger partial charge in [-0.05, 0) is 0 Å². The van der Waals surface area contributed by atoms with E-state index in [9.17, 15) is 4.79 Å². The van der Waals surface area contributed by atoms with Crippen LogP contribution in [-0.2, 0) is 14.3 Å². The quantitative estimate of drug-likeness (QED) is 0.539. The number of carbonyl (C=O) groups excluding carboxylic acids is 1. The standard InChI is InChI=1S/C10H14ClNO3/c1-6-8(13)7(11)9(12(2)3)10(6,14-4)15-5/h1H2,2-5H3. The predicted octanol–water partition coefficient (Wildman–Crippen LogP) is 1.13. The van der Waals surface area contributed by atoms with Crippen molar-refractivity contribution in [2.75, 3.05) is 28.3 Å². The third-order valence-corrected chi connectivity index (χ3v) is 2.76. The minimum atomic E-state index is -1.25. The lowest BCUT2D eigenvalue weighted by atomic mass is 10.1. The van der Waals surface area contributed by atoms with Gasteiger partial charge in [0.25, 0.3) is 0 Å². The Morgan fingerprint density at radius 3 is 2.07 bits per heavy atom. The first kappa shape index (κ1) is 12.2. The molecular weight excluding hydrogens is 218 g/mol. The Balaban J connectivity index is 3.39. The maximum Gasteiger partial charge on any atom is 0.242 e. The summed E-state index contributed by atoms with van der Waals surface area (Å²) in [6.45, 7) is 3.66. The van der Waals surface area contributed by atoms with Crippen molar-refractivity contribution in [1.82, 2.24) is 4.90 Å². The van der Waals surface area contributed by atoms with Gasteiger partial charge in [0.2, 0.25) is 11.6 Å². The van der Waals surface area contributed by atoms with Crippen molar-refractivity contribution >= 4 is 17.4 Å². The highest BCUT2D eigenvalue weighted by molar-refractivity contribution is 6.47. The molecule has 1 rings (SSSR count). The normalized spacial score (nSPS) is 20.1. The van der Waals surface area contributed by atoms with Gasteiger partial charge in [0.15, 0.2) is 0 Å². The predicted molar refractivity (Wildman–Crippen MR) is 57.5 cm³/mol. The maximum absolute atomic E-state index is 11.7. The highest BCUT2D eigenvalue weighted by Gasteiger charge is 2.51. The van der Waals surface area contributed by atoms with Crippen molar-refractivity contribution in [2.45, 2.75) is 5.79 Å². The van der Waals surface area contributed by atoms with Crippen LogP contribution in [0.3, 0.4) is 0 Å². The molecule has 0 atom stereocenters. The minimum absolute atomic E-state index is 0.0914. The molecule has 0 saturated heterocycles. The third kappa shape index (κ3) is 1.49. The molecule has 4 nitrogen and oxygen atoms in total. The van der Waals surface area contributed by atoms with E-state index in [1.165, 1.54) is 14.2 Å². The van der Waals surface area contributed by atoms with E-state index < -0.39 is 5.79 Å². The molecular formula is C10H14ClNO3. The van der Waals surface area contributed by atoms with Crippen LogP contribution in [0.5, 0.6) is 0 Å². The molecule has 0 saturated carbocycles. The van der Waals surface area contributed by atoms with Crippen LogP contribution in [-0.4, -0.2) is 44.8 Å². The van der Waals surface area contributed by atoms with Crippen LogP contribution in [0, 0.1) is 0 Å². The van der Waals surface area contributed by atoms with Crippen LogP contribution in [0.15, 0.2) is 22.9 Å². The average Bonchev–Trinajstić information content (AvgIpc) is 2.40. The molecule has 0 aromatic heterocycles. The first-order valence-electron chi connectivity index (χ1n) is 4.34. The Hall–Kier alpha value is -0.840. The SMILES string of the molecule is C=C1C(=O)C(Cl)=C(N(C)C)C1(OC)OC. The molecule has 0 aromatic rings. The Bertz CT molecular complexity index is 343. The van der Waals surface area contributed by atoms with Gasteiger partial charge in [-0.25, -0.2) is 0 Å². The second-order valence-corrected chi connectivity index (χ2v) is 3.77. The number of halogens is 1. The van der Waals surface area contributed by atoms with Crippen LogP contribution in [0.4, 0.5) is 0 Å². The summed E-state index contributed by atoms with van der Waals surface area (Å²) >= 11 is 5.93. The molecule has 5 heteroatoms. The molecule has 0 aliphatic heterocycles. The summed E-state index contributed by atoms with van der Waals surface area (Å²) in [5, 5.41) is 0.0914. The average molecular weight is 232 g/mol. The van der Waals surface area contributed by atoms with Gasteiger partial charge in [0.1, 0.15) is 10.7 Å². The Kier molecular flexibility index (Phi) is 3.23. The molecule has 1 aliphatic rings. The highest BCUT2D eigenvalue weighted by Crippen LogP contribution is 2.42. The fourth-order valence-electron chi connectivity index (χ4n) is 1.69. The lowest BCUT2D eigenvalue weighted by Crippen LogP contribution is -2.40. The minimum Gasteiger partial charge on any atom is -0.375 e. The Morgan fingerprint density at radius 1 is 1.33 bits per heavy atom. The molecule has 0 N–H and O–H groups in total. The van der Waals surface area contributed by atoms with E-state index in [1.54, 1.807) is 19.0 Å². The molecule has 0 fully saturated rings. The molecule has 0 bridgehead atoms. The second-order valence-electron chi connectivity index (χ2n) is 3.39. The largest absolute Gasteiger partial charge is 0.375 e. The van der Waals surface area contributed by atoms with E-state index in [0.29, 0.717) is 5.70 Å². The number of hydrogen-bond acceptors (Lipinski definition) is 4. The van der Waals surface area contributed by atoms with E-state index in [2.05, 4.69) is 6.58 Å². The number of Topliss-reactive ketones (excluding diaryl/α,β-unsaturated/α-hetero) is 1. The molecule has 0 amide bonds. The summed E-state index contributed by atoms with van der Waals surface area (Å²) in [5.41, 5.74) is 0.672. The van der Waals surface area contributed by atoms with Gasteiger partial charge in [-0.2, -0.15) is 0 Å². The molecule has 1 aliphatic carbocycles. The molecule has 84 valence electrons. The number of methoxy groups -OCH3 is 2. The van der Waals surface area contributed by atoms with Crippen molar-refractivity contribution in [3.8, 4) is 0 Å². The van der Waals surface area contributed by atoms with Gasteiger partial charge in [0.05, 0.1) is 5.57 Å². The zero-order chi connectivity index (χ0) is 11.8. The van der Waals surface area contributed by atoms with Crippen molar-refractivity contribution in [3.05, 3.63) is 22.9 Å². The molecule has 0 aromatic carbocycles. The second kappa shape index (κ2) is 3.96. The van der Waals surface area contributed by atoms with Gasteiger partial charge >= 0.3 is 0 Å². The van der Waals surface area contributed by atoms with Gasteiger partial charge < -0.3 is 14.4 Å². The van der Waals surface area contributed by atoms with E-state index >= 15 is 0 Å². The molecule has 0 unspecified atom stereocenters. The Labute approximate surface area is 94.1 Å². The maximum atomic E-state index is 11.7. The summed E-state index contributed by atoms with van der Waals surface area (Å²) in [7, 11) is 6.41. The van der Waals surface area contributed by atoms with E-state index in [1.807, 2.05) is 0 Å². The fraction of sp³-hybridized carbons (Fsp3) is 0.500. The van der Waals surface area contributed by atoms with E-state index in [0.717, 1.165) is 0 Å². The number of carbonyl (C=O) groups is 1. The number of ketones is 1. The summed E-state index contributed by atoms with van der Waals surface area (Å²) in [6, 6.07) is 0. The summed E-state index contributed by atoms with van der Waals surface area (Å²) < 4.78 is 10.5. The monoisotopic (exact) mass is 231 g/mol. The van der Waals surface area contributed by atoms with Crippen LogP contribution in [0.2, 0.25) is 0 Å². The highest BCUT2D eigenvalue weighted by atomic mass is 35.5. The number of allylic oxidation sites excluding steroid dienone is 1. The van der Waals surface area contributed by atoms with Gasteiger partial charge in [-0.1, -0.05) is 18.2 Å². The summed E-state index contributed by atoms with van der Waals surface area (Å²) in [6.07, 6.45) is 0. The van der Waals surface area contributed by atoms with E-state index in [4.69, 9.17) is 21.1 Å². The third-order valence-electron chi connectivity index (χ3n) is 2.41. The molecule has 0 heterocycles. The number of nitrogens with zero attached hydrogens (tertiary/aromatic N) is 1. The van der Waals surface area contributed by atoms with Crippen molar-refractivity contribution in [1.29, 1.82) is 0 Å². The van der Waals surface area contributed by atoms with Crippen LogP contribution < -0.4 is 0 Å². The van der Waals surface area contributed by atoms with Gasteiger partial charge in [-0.3, -0.25) is 4.79 Å². The van der Waals surface area contributed by atoms with E-state index in [-0.39, 0.29) is 16.4 Å². The van der Waals surface area contributed by atoms with Crippen LogP contribution in [0.1, 0.15) is 0 Å². The lowest BCUT2D eigenvalue weighted by Gasteiger charge is -2.32. The summed E-state index contributed by atoms with van der Waals surface area (Å²) in [4.78, 5) is 13.4. The number of likely N-dealkylation sites (N-methyl/N-ethyl adjacent to an activating group) is 1. The van der Waals surface area contributed by atoms with Gasteiger partial charge in [-0.15, -0.1) is 0 Å².